The summed E-state index contributed by atoms with van der Waals surface area (Å²) in [6, 6.07) is 5.87. The minimum atomic E-state index is -0.651. The van der Waals surface area contributed by atoms with Crippen molar-refractivity contribution in [2.45, 2.75) is 25.0 Å². The molecule has 4 heteroatoms. The number of nitrogens with zero attached hydrogens (tertiary/aromatic N) is 1. The van der Waals surface area contributed by atoms with Gasteiger partial charge in [-0.05, 0) is 43.5 Å². The lowest BCUT2D eigenvalue weighted by molar-refractivity contribution is 0.0733. The van der Waals surface area contributed by atoms with Crippen LogP contribution in [0.1, 0.15) is 24.5 Å². The lowest BCUT2D eigenvalue weighted by Gasteiger charge is -2.23. The summed E-state index contributed by atoms with van der Waals surface area (Å²) in [6.45, 7) is 1.01. The van der Waals surface area contributed by atoms with Crippen molar-refractivity contribution >= 4 is 0 Å². The Bertz CT molecular complexity index is 378. The van der Waals surface area contributed by atoms with E-state index in [0.717, 1.165) is 12.8 Å². The predicted octanol–water partition coefficient (Wildman–Crippen LogP) is 1.56. The summed E-state index contributed by atoms with van der Waals surface area (Å²) in [4.78, 5) is 1.91. The fourth-order valence-corrected chi connectivity index (χ4v) is 2.11. The van der Waals surface area contributed by atoms with Gasteiger partial charge in [-0.25, -0.2) is 4.39 Å². The zero-order valence-corrected chi connectivity index (χ0v) is 10.6. The fourth-order valence-electron chi connectivity index (χ4n) is 2.11. The smallest absolute Gasteiger partial charge is 0.123 e. The van der Waals surface area contributed by atoms with Crippen molar-refractivity contribution in [1.29, 1.82) is 0 Å². The van der Waals surface area contributed by atoms with Gasteiger partial charge in [-0.3, -0.25) is 0 Å². The maximum absolute atomic E-state index is 12.8. The second kappa shape index (κ2) is 5.78. The van der Waals surface area contributed by atoms with Crippen LogP contribution in [0.2, 0.25) is 0 Å². The van der Waals surface area contributed by atoms with Crippen LogP contribution in [-0.4, -0.2) is 41.4 Å². The zero-order chi connectivity index (χ0) is 13.1. The Kier molecular flexibility index (Phi) is 4.32. The molecule has 0 saturated heterocycles. The molecular formula is C14H20FNO2. The van der Waals surface area contributed by atoms with E-state index in [4.69, 9.17) is 0 Å². The molecule has 2 unspecified atom stereocenters. The van der Waals surface area contributed by atoms with Crippen molar-refractivity contribution in [2.24, 2.45) is 5.92 Å². The number of rotatable bonds is 6. The van der Waals surface area contributed by atoms with Crippen molar-refractivity contribution < 1.29 is 14.6 Å². The van der Waals surface area contributed by atoms with Gasteiger partial charge >= 0.3 is 0 Å². The second-order valence-electron chi connectivity index (χ2n) is 5.19. The van der Waals surface area contributed by atoms with Crippen molar-refractivity contribution in [1.82, 2.24) is 4.90 Å². The molecule has 0 radical (unpaired) electrons. The molecular weight excluding hydrogens is 233 g/mol. The Morgan fingerprint density at radius 3 is 2.39 bits per heavy atom. The molecule has 3 nitrogen and oxygen atoms in total. The summed E-state index contributed by atoms with van der Waals surface area (Å²) < 4.78 is 12.8. The largest absolute Gasteiger partial charge is 0.392 e. The summed E-state index contributed by atoms with van der Waals surface area (Å²) in [5, 5.41) is 19.8. The molecule has 0 aromatic heterocycles. The topological polar surface area (TPSA) is 43.7 Å². The highest BCUT2D eigenvalue weighted by Crippen LogP contribution is 2.32. The van der Waals surface area contributed by atoms with Gasteiger partial charge in [0.2, 0.25) is 0 Å². The lowest BCUT2D eigenvalue weighted by atomic mass is 10.1. The molecule has 1 aromatic rings. The van der Waals surface area contributed by atoms with Gasteiger partial charge in [0.1, 0.15) is 5.82 Å². The van der Waals surface area contributed by atoms with Gasteiger partial charge in [0.25, 0.3) is 0 Å². The van der Waals surface area contributed by atoms with Crippen molar-refractivity contribution in [3.05, 3.63) is 35.6 Å². The average molecular weight is 253 g/mol. The molecule has 1 saturated carbocycles. The molecule has 1 aliphatic carbocycles. The van der Waals surface area contributed by atoms with E-state index in [2.05, 4.69) is 0 Å². The Morgan fingerprint density at radius 2 is 1.83 bits per heavy atom. The quantitative estimate of drug-likeness (QED) is 0.808. The molecule has 18 heavy (non-hydrogen) atoms. The fraction of sp³-hybridized carbons (Fsp3) is 0.571. The first-order valence-electron chi connectivity index (χ1n) is 6.36. The zero-order valence-electron chi connectivity index (χ0n) is 10.6. The van der Waals surface area contributed by atoms with Gasteiger partial charge in [0.15, 0.2) is 0 Å². The summed E-state index contributed by atoms with van der Waals surface area (Å²) in [5.41, 5.74) is 0.698. The van der Waals surface area contributed by atoms with Crippen LogP contribution in [0, 0.1) is 11.7 Å². The summed E-state index contributed by atoms with van der Waals surface area (Å²) in [5.74, 6) is 0.138. The van der Waals surface area contributed by atoms with E-state index in [-0.39, 0.29) is 11.9 Å². The molecule has 0 spiro atoms. The average Bonchev–Trinajstić information content (AvgIpc) is 3.13. The van der Waals surface area contributed by atoms with Crippen LogP contribution in [0.25, 0.3) is 0 Å². The third-order valence-electron chi connectivity index (χ3n) is 3.40. The molecule has 0 heterocycles. The molecule has 2 atom stereocenters. The maximum Gasteiger partial charge on any atom is 0.123 e. The number of aliphatic hydroxyl groups excluding tert-OH is 2. The second-order valence-corrected chi connectivity index (χ2v) is 5.19. The van der Waals surface area contributed by atoms with Gasteiger partial charge in [0.05, 0.1) is 12.2 Å². The molecule has 1 aromatic carbocycles. The number of benzene rings is 1. The minimum Gasteiger partial charge on any atom is -0.392 e. The Morgan fingerprint density at radius 1 is 1.22 bits per heavy atom. The molecule has 100 valence electrons. The van der Waals surface area contributed by atoms with E-state index in [1.165, 1.54) is 12.1 Å². The summed E-state index contributed by atoms with van der Waals surface area (Å²) in [7, 11) is 1.87. The predicted molar refractivity (Wildman–Crippen MR) is 67.6 cm³/mol. The first kappa shape index (κ1) is 13.5. The Balaban J connectivity index is 1.82. The van der Waals surface area contributed by atoms with Gasteiger partial charge in [-0.1, -0.05) is 12.1 Å². The van der Waals surface area contributed by atoms with Gasteiger partial charge in [0, 0.05) is 13.1 Å². The van der Waals surface area contributed by atoms with Gasteiger partial charge in [-0.15, -0.1) is 0 Å². The molecule has 0 bridgehead atoms. The van der Waals surface area contributed by atoms with Crippen LogP contribution in [0.5, 0.6) is 0 Å². The highest BCUT2D eigenvalue weighted by atomic mass is 19.1. The molecule has 0 aliphatic heterocycles. The van der Waals surface area contributed by atoms with E-state index in [1.807, 2.05) is 11.9 Å². The van der Waals surface area contributed by atoms with E-state index in [9.17, 15) is 14.6 Å². The summed E-state index contributed by atoms with van der Waals surface area (Å²) in [6.07, 6.45) is 1.27. The van der Waals surface area contributed by atoms with Crippen molar-refractivity contribution in [3.63, 3.8) is 0 Å². The standard InChI is InChI=1S/C14H20FNO2/c1-16(8-13(17)10-2-3-10)9-14(18)11-4-6-12(15)7-5-11/h4-7,10,13-14,17-18H,2-3,8-9H2,1H3. The van der Waals surface area contributed by atoms with Crippen LogP contribution >= 0.6 is 0 Å². The molecule has 1 fully saturated rings. The molecule has 2 rings (SSSR count). The van der Waals surface area contributed by atoms with Gasteiger partial charge in [-0.2, -0.15) is 0 Å². The SMILES string of the molecule is CN(CC(O)c1ccc(F)cc1)CC(O)C1CC1. The molecule has 0 amide bonds. The van der Waals surface area contributed by atoms with Crippen molar-refractivity contribution in [3.8, 4) is 0 Å². The van der Waals surface area contributed by atoms with Crippen molar-refractivity contribution in [2.75, 3.05) is 20.1 Å². The number of likely N-dealkylation sites (N-methyl/N-ethyl adjacent to an activating group) is 1. The third kappa shape index (κ3) is 3.77. The van der Waals surface area contributed by atoms with E-state index < -0.39 is 6.10 Å². The van der Waals surface area contributed by atoms with E-state index >= 15 is 0 Å². The van der Waals surface area contributed by atoms with Crippen LogP contribution in [0.15, 0.2) is 24.3 Å². The number of hydrogen-bond acceptors (Lipinski definition) is 3. The van der Waals surface area contributed by atoms with Crippen LogP contribution < -0.4 is 0 Å². The normalized spacial score (nSPS) is 18.9. The van der Waals surface area contributed by atoms with Crippen LogP contribution in [0.4, 0.5) is 4.39 Å². The van der Waals surface area contributed by atoms with Crippen LogP contribution in [-0.2, 0) is 0 Å². The third-order valence-corrected chi connectivity index (χ3v) is 3.40. The maximum atomic E-state index is 12.8. The molecule has 2 N–H and O–H groups in total. The number of halogens is 1. The highest BCUT2D eigenvalue weighted by molar-refractivity contribution is 5.18. The van der Waals surface area contributed by atoms with Gasteiger partial charge < -0.3 is 15.1 Å². The highest BCUT2D eigenvalue weighted by Gasteiger charge is 2.30. The van der Waals surface area contributed by atoms with Crippen LogP contribution in [0.3, 0.4) is 0 Å². The summed E-state index contributed by atoms with van der Waals surface area (Å²) >= 11 is 0. The van der Waals surface area contributed by atoms with E-state index in [0.29, 0.717) is 24.6 Å². The van der Waals surface area contributed by atoms with E-state index in [1.54, 1.807) is 12.1 Å². The number of hydrogen-bond donors (Lipinski definition) is 2. The number of aliphatic hydroxyl groups is 2. The molecule has 1 aliphatic rings. The minimum absolute atomic E-state index is 0.296. The Hall–Kier alpha value is -0.970. The Labute approximate surface area is 107 Å². The first-order valence-corrected chi connectivity index (χ1v) is 6.36. The lowest BCUT2D eigenvalue weighted by Crippen LogP contribution is -2.33. The first-order chi connectivity index (χ1) is 8.56. The monoisotopic (exact) mass is 253 g/mol.